The van der Waals surface area contributed by atoms with E-state index in [1.165, 1.54) is 0 Å². The molecule has 1 heterocycles. The van der Waals surface area contributed by atoms with E-state index in [0.29, 0.717) is 18.9 Å². The first-order valence-corrected chi connectivity index (χ1v) is 6.97. The van der Waals surface area contributed by atoms with Crippen molar-refractivity contribution in [3.8, 4) is 0 Å². The molecule has 21 heavy (non-hydrogen) atoms. The Bertz CT molecular complexity index is 450. The summed E-state index contributed by atoms with van der Waals surface area (Å²) in [4.78, 5) is 4.05. The number of aliphatic hydroxyl groups is 1. The molecule has 0 aliphatic rings. The fraction of sp³-hybridized carbons (Fsp3) is 0.643. The Labute approximate surface area is 122 Å². The van der Waals surface area contributed by atoms with Gasteiger partial charge in [0.2, 0.25) is 0 Å². The zero-order valence-corrected chi connectivity index (χ0v) is 12.5. The summed E-state index contributed by atoms with van der Waals surface area (Å²) in [5, 5.41) is 15.3. The summed E-state index contributed by atoms with van der Waals surface area (Å²) >= 11 is 0. The van der Waals surface area contributed by atoms with Gasteiger partial charge in [0.05, 0.1) is 11.7 Å². The number of hydrogen-bond acceptors (Lipinski definition) is 4. The number of rotatable bonds is 7. The molecule has 0 radical (unpaired) electrons. The fourth-order valence-electron chi connectivity index (χ4n) is 1.91. The Hall–Kier alpha value is -1.50. The highest BCUT2D eigenvalue weighted by molar-refractivity contribution is 5.49. The van der Waals surface area contributed by atoms with Gasteiger partial charge in [-0.25, -0.2) is 4.98 Å². The minimum Gasteiger partial charge on any atom is -0.391 e. The molecule has 0 saturated heterocycles. The molecule has 0 bridgehead atoms. The van der Waals surface area contributed by atoms with Crippen LogP contribution in [0.2, 0.25) is 0 Å². The van der Waals surface area contributed by atoms with Gasteiger partial charge in [-0.1, -0.05) is 13.8 Å². The molecule has 0 amide bonds. The monoisotopic (exact) mass is 305 g/mol. The number of alkyl halides is 3. The maximum atomic E-state index is 12.8. The van der Waals surface area contributed by atoms with Crippen LogP contribution in [0.4, 0.5) is 24.8 Å². The molecule has 4 nitrogen and oxygen atoms in total. The predicted molar refractivity (Wildman–Crippen MR) is 77.4 cm³/mol. The lowest BCUT2D eigenvalue weighted by Crippen LogP contribution is -2.22. The largest absolute Gasteiger partial charge is 0.416 e. The van der Waals surface area contributed by atoms with Gasteiger partial charge in [0.1, 0.15) is 11.6 Å². The molecular formula is C14H22F3N3O. The highest BCUT2D eigenvalue weighted by Gasteiger charge is 2.31. The van der Waals surface area contributed by atoms with Crippen molar-refractivity contribution >= 4 is 11.6 Å². The number of nitrogens with one attached hydrogen (secondary N) is 2. The van der Waals surface area contributed by atoms with Crippen LogP contribution in [-0.4, -0.2) is 29.3 Å². The van der Waals surface area contributed by atoms with Crippen molar-refractivity contribution in [1.29, 1.82) is 0 Å². The van der Waals surface area contributed by atoms with Gasteiger partial charge in [-0.15, -0.1) is 0 Å². The van der Waals surface area contributed by atoms with Crippen LogP contribution in [-0.2, 0) is 6.18 Å². The van der Waals surface area contributed by atoms with E-state index in [1.807, 2.05) is 13.8 Å². The van der Waals surface area contributed by atoms with Crippen molar-refractivity contribution < 1.29 is 18.3 Å². The molecule has 0 aromatic carbocycles. The van der Waals surface area contributed by atoms with Crippen molar-refractivity contribution in [2.75, 3.05) is 23.7 Å². The van der Waals surface area contributed by atoms with Gasteiger partial charge >= 0.3 is 6.18 Å². The van der Waals surface area contributed by atoms with Gasteiger partial charge in [0.25, 0.3) is 0 Å². The van der Waals surface area contributed by atoms with Crippen LogP contribution in [0, 0.1) is 5.92 Å². The standard InChI is InChI=1S/C14H22F3N3O/c1-4-18-12-6-10(14(15,16)17)7-13(20-12)19-8-11(21)5-9(2)3/h6-7,9,11,21H,4-5,8H2,1-3H3,(H2,18,19,20). The molecule has 1 atom stereocenters. The molecule has 0 aliphatic heterocycles. The number of pyridine rings is 1. The van der Waals surface area contributed by atoms with Gasteiger partial charge in [-0.3, -0.25) is 0 Å². The second-order valence-corrected chi connectivity index (χ2v) is 5.32. The van der Waals surface area contributed by atoms with Crippen LogP contribution < -0.4 is 10.6 Å². The number of anilines is 2. The molecule has 1 unspecified atom stereocenters. The molecule has 7 heteroatoms. The summed E-state index contributed by atoms with van der Waals surface area (Å²) in [5.41, 5.74) is -0.769. The fourth-order valence-corrected chi connectivity index (χ4v) is 1.91. The van der Waals surface area contributed by atoms with Gasteiger partial charge in [0, 0.05) is 13.1 Å². The SMILES string of the molecule is CCNc1cc(C(F)(F)F)cc(NCC(O)CC(C)C)n1. The third kappa shape index (κ3) is 6.20. The Balaban J connectivity index is 2.83. The van der Waals surface area contributed by atoms with Gasteiger partial charge < -0.3 is 15.7 Å². The zero-order valence-electron chi connectivity index (χ0n) is 12.5. The van der Waals surface area contributed by atoms with Crippen LogP contribution in [0.25, 0.3) is 0 Å². The normalized spacial score (nSPS) is 13.3. The Kier molecular flexibility index (Phi) is 6.26. The van der Waals surface area contributed by atoms with E-state index in [0.717, 1.165) is 12.1 Å². The first-order chi connectivity index (χ1) is 9.72. The summed E-state index contributed by atoms with van der Waals surface area (Å²) in [6.07, 6.45) is -4.48. The van der Waals surface area contributed by atoms with E-state index in [4.69, 9.17) is 0 Å². The maximum absolute atomic E-state index is 12.8. The molecule has 3 N–H and O–H groups in total. The molecule has 0 aliphatic carbocycles. The summed E-state index contributed by atoms with van der Waals surface area (Å²) < 4.78 is 38.5. The Morgan fingerprint density at radius 2 is 1.76 bits per heavy atom. The average Bonchev–Trinajstić information content (AvgIpc) is 2.35. The summed E-state index contributed by atoms with van der Waals surface area (Å²) in [6.45, 7) is 6.35. The van der Waals surface area contributed by atoms with Gasteiger partial charge in [-0.05, 0) is 31.4 Å². The molecule has 0 saturated carbocycles. The van der Waals surface area contributed by atoms with Crippen molar-refractivity contribution in [2.24, 2.45) is 5.92 Å². The third-order valence-corrected chi connectivity index (χ3v) is 2.77. The molecular weight excluding hydrogens is 283 g/mol. The molecule has 1 rings (SSSR count). The van der Waals surface area contributed by atoms with Crippen molar-refractivity contribution in [3.63, 3.8) is 0 Å². The minimum absolute atomic E-state index is 0.101. The lowest BCUT2D eigenvalue weighted by atomic mass is 10.1. The van der Waals surface area contributed by atoms with Crippen LogP contribution >= 0.6 is 0 Å². The maximum Gasteiger partial charge on any atom is 0.416 e. The predicted octanol–water partition coefficient (Wildman–Crippen LogP) is 3.35. The van der Waals surface area contributed by atoms with Gasteiger partial charge in [0.15, 0.2) is 0 Å². The van der Waals surface area contributed by atoms with E-state index >= 15 is 0 Å². The highest BCUT2D eigenvalue weighted by atomic mass is 19.4. The molecule has 1 aromatic rings. The second-order valence-electron chi connectivity index (χ2n) is 5.32. The van der Waals surface area contributed by atoms with Crippen molar-refractivity contribution in [2.45, 2.75) is 39.5 Å². The number of hydrogen-bond donors (Lipinski definition) is 3. The summed E-state index contributed by atoms with van der Waals surface area (Å²) in [7, 11) is 0. The lowest BCUT2D eigenvalue weighted by Gasteiger charge is -2.16. The third-order valence-electron chi connectivity index (χ3n) is 2.77. The zero-order chi connectivity index (χ0) is 16.0. The number of aromatic nitrogens is 1. The van der Waals surface area contributed by atoms with E-state index in [9.17, 15) is 18.3 Å². The quantitative estimate of drug-likeness (QED) is 0.723. The van der Waals surface area contributed by atoms with Crippen molar-refractivity contribution in [3.05, 3.63) is 17.7 Å². The second kappa shape index (κ2) is 7.49. The van der Waals surface area contributed by atoms with E-state index < -0.39 is 17.8 Å². The first kappa shape index (κ1) is 17.6. The molecule has 1 aromatic heterocycles. The van der Waals surface area contributed by atoms with Crippen LogP contribution in [0.15, 0.2) is 12.1 Å². The highest BCUT2D eigenvalue weighted by Crippen LogP contribution is 2.32. The molecule has 120 valence electrons. The molecule has 0 spiro atoms. The van der Waals surface area contributed by atoms with Gasteiger partial charge in [-0.2, -0.15) is 13.2 Å². The summed E-state index contributed by atoms with van der Waals surface area (Å²) in [5.74, 6) is 0.574. The van der Waals surface area contributed by atoms with Crippen molar-refractivity contribution in [1.82, 2.24) is 4.98 Å². The topological polar surface area (TPSA) is 57.2 Å². The Morgan fingerprint density at radius 3 is 2.24 bits per heavy atom. The number of aliphatic hydroxyl groups excluding tert-OH is 1. The van der Waals surface area contributed by atoms with Crippen LogP contribution in [0.5, 0.6) is 0 Å². The number of halogens is 3. The van der Waals surface area contributed by atoms with E-state index in [2.05, 4.69) is 15.6 Å². The Morgan fingerprint density at radius 1 is 1.19 bits per heavy atom. The average molecular weight is 305 g/mol. The molecule has 0 fully saturated rings. The first-order valence-electron chi connectivity index (χ1n) is 6.97. The lowest BCUT2D eigenvalue weighted by molar-refractivity contribution is -0.137. The summed E-state index contributed by atoms with van der Waals surface area (Å²) in [6, 6.07) is 1.92. The number of nitrogens with zero attached hydrogens (tertiary/aromatic N) is 1. The smallest absolute Gasteiger partial charge is 0.391 e. The van der Waals surface area contributed by atoms with E-state index in [1.54, 1.807) is 6.92 Å². The van der Waals surface area contributed by atoms with Crippen LogP contribution in [0.3, 0.4) is 0 Å². The van der Waals surface area contributed by atoms with Crippen LogP contribution in [0.1, 0.15) is 32.8 Å². The van der Waals surface area contributed by atoms with E-state index in [-0.39, 0.29) is 18.2 Å². The minimum atomic E-state index is -4.43.